The maximum Gasteiger partial charge on any atom is 0.273 e. The SMILES string of the molecule is CN(C)C(=O)c1c(NC=O)ncn1C. The van der Waals surface area contributed by atoms with E-state index >= 15 is 0 Å². The molecule has 0 radical (unpaired) electrons. The van der Waals surface area contributed by atoms with E-state index in [1.165, 1.54) is 11.2 Å². The molecule has 0 aliphatic rings. The highest BCUT2D eigenvalue weighted by atomic mass is 16.2. The van der Waals surface area contributed by atoms with E-state index in [0.29, 0.717) is 12.1 Å². The first-order chi connectivity index (χ1) is 6.57. The van der Waals surface area contributed by atoms with Gasteiger partial charge >= 0.3 is 0 Å². The molecular formula is C8H12N4O2. The summed E-state index contributed by atoms with van der Waals surface area (Å²) in [5, 5.41) is 2.37. The van der Waals surface area contributed by atoms with Crippen LogP contribution >= 0.6 is 0 Å². The first kappa shape index (κ1) is 10.2. The Balaban J connectivity index is 3.10. The van der Waals surface area contributed by atoms with E-state index in [9.17, 15) is 9.59 Å². The molecular weight excluding hydrogens is 184 g/mol. The molecule has 0 aromatic carbocycles. The Morgan fingerprint density at radius 3 is 2.79 bits per heavy atom. The van der Waals surface area contributed by atoms with Gasteiger partial charge in [-0.05, 0) is 0 Å². The van der Waals surface area contributed by atoms with Gasteiger partial charge in [-0.15, -0.1) is 0 Å². The topological polar surface area (TPSA) is 67.2 Å². The quantitative estimate of drug-likeness (QED) is 0.674. The number of aromatic nitrogens is 2. The number of imidazole rings is 1. The summed E-state index contributed by atoms with van der Waals surface area (Å²) in [6, 6.07) is 0. The molecule has 76 valence electrons. The maximum absolute atomic E-state index is 11.6. The number of aryl methyl sites for hydroxylation is 1. The minimum absolute atomic E-state index is 0.200. The van der Waals surface area contributed by atoms with E-state index in [-0.39, 0.29) is 11.7 Å². The van der Waals surface area contributed by atoms with Gasteiger partial charge in [0.25, 0.3) is 5.91 Å². The van der Waals surface area contributed by atoms with Gasteiger partial charge in [0, 0.05) is 21.1 Å². The highest BCUT2D eigenvalue weighted by Gasteiger charge is 2.18. The Bertz CT molecular complexity index is 356. The summed E-state index contributed by atoms with van der Waals surface area (Å²) in [4.78, 5) is 27.2. The van der Waals surface area contributed by atoms with Gasteiger partial charge in [0.1, 0.15) is 0 Å². The lowest BCUT2D eigenvalue weighted by molar-refractivity contribution is -0.105. The Hall–Kier alpha value is -1.85. The number of anilines is 1. The monoisotopic (exact) mass is 196 g/mol. The van der Waals surface area contributed by atoms with Gasteiger partial charge in [0.2, 0.25) is 6.41 Å². The fourth-order valence-corrected chi connectivity index (χ4v) is 1.06. The van der Waals surface area contributed by atoms with Gasteiger partial charge in [0.05, 0.1) is 6.33 Å². The third-order valence-electron chi connectivity index (χ3n) is 1.74. The van der Waals surface area contributed by atoms with Crippen LogP contribution in [0.2, 0.25) is 0 Å². The molecule has 14 heavy (non-hydrogen) atoms. The molecule has 0 aliphatic heterocycles. The van der Waals surface area contributed by atoms with E-state index in [1.54, 1.807) is 25.7 Å². The van der Waals surface area contributed by atoms with Crippen molar-refractivity contribution < 1.29 is 9.59 Å². The van der Waals surface area contributed by atoms with Crippen LogP contribution in [0, 0.1) is 0 Å². The van der Waals surface area contributed by atoms with Crippen molar-refractivity contribution in [2.75, 3.05) is 19.4 Å². The molecule has 1 heterocycles. The van der Waals surface area contributed by atoms with Gasteiger partial charge in [-0.3, -0.25) is 9.59 Å². The average molecular weight is 196 g/mol. The molecule has 0 atom stereocenters. The first-order valence-electron chi connectivity index (χ1n) is 4.01. The van der Waals surface area contributed by atoms with Crippen molar-refractivity contribution in [3.8, 4) is 0 Å². The lowest BCUT2D eigenvalue weighted by atomic mass is 10.3. The van der Waals surface area contributed by atoms with E-state index in [1.807, 2.05) is 0 Å². The largest absolute Gasteiger partial charge is 0.343 e. The molecule has 1 rings (SSSR count). The molecule has 0 bridgehead atoms. The third-order valence-corrected chi connectivity index (χ3v) is 1.74. The van der Waals surface area contributed by atoms with Crippen molar-refractivity contribution in [2.24, 2.45) is 7.05 Å². The zero-order valence-electron chi connectivity index (χ0n) is 8.31. The number of carbonyl (C=O) groups excluding carboxylic acids is 2. The Labute approximate surface area is 81.5 Å². The number of nitrogens with zero attached hydrogens (tertiary/aromatic N) is 3. The van der Waals surface area contributed by atoms with E-state index in [2.05, 4.69) is 10.3 Å². The Morgan fingerprint density at radius 2 is 2.29 bits per heavy atom. The maximum atomic E-state index is 11.6. The second kappa shape index (κ2) is 3.91. The molecule has 0 aliphatic carbocycles. The van der Waals surface area contributed by atoms with Gasteiger partial charge in [-0.1, -0.05) is 0 Å². The summed E-state index contributed by atoms with van der Waals surface area (Å²) < 4.78 is 1.56. The predicted molar refractivity (Wildman–Crippen MR) is 50.9 cm³/mol. The van der Waals surface area contributed by atoms with Crippen LogP contribution in [0.3, 0.4) is 0 Å². The van der Waals surface area contributed by atoms with Crippen LogP contribution in [0.5, 0.6) is 0 Å². The summed E-state index contributed by atoms with van der Waals surface area (Å²) in [6.07, 6.45) is 1.97. The van der Waals surface area contributed by atoms with Gasteiger partial charge < -0.3 is 14.8 Å². The second-order valence-electron chi connectivity index (χ2n) is 3.01. The molecule has 0 unspecified atom stereocenters. The fraction of sp³-hybridized carbons (Fsp3) is 0.375. The predicted octanol–water partition coefficient (Wildman–Crippen LogP) is -0.310. The molecule has 1 aromatic heterocycles. The second-order valence-corrected chi connectivity index (χ2v) is 3.01. The number of carbonyl (C=O) groups is 2. The van der Waals surface area contributed by atoms with Crippen molar-refractivity contribution in [2.45, 2.75) is 0 Å². The number of hydrogen-bond donors (Lipinski definition) is 1. The van der Waals surface area contributed by atoms with Gasteiger partial charge in [0.15, 0.2) is 11.5 Å². The molecule has 1 N–H and O–H groups in total. The molecule has 0 saturated carbocycles. The highest BCUT2D eigenvalue weighted by Crippen LogP contribution is 2.12. The van der Waals surface area contributed by atoms with Crippen LogP contribution in [0.4, 0.5) is 5.82 Å². The lowest BCUT2D eigenvalue weighted by Gasteiger charge is -2.11. The molecule has 1 aromatic rings. The third kappa shape index (κ3) is 1.73. The molecule has 0 saturated heterocycles. The smallest absolute Gasteiger partial charge is 0.273 e. The van der Waals surface area contributed by atoms with Gasteiger partial charge in [-0.2, -0.15) is 0 Å². The van der Waals surface area contributed by atoms with Crippen LogP contribution in [0.1, 0.15) is 10.5 Å². The van der Waals surface area contributed by atoms with Crippen LogP contribution in [-0.2, 0) is 11.8 Å². The zero-order chi connectivity index (χ0) is 10.7. The minimum atomic E-state index is -0.200. The van der Waals surface area contributed by atoms with Crippen LogP contribution < -0.4 is 5.32 Å². The van der Waals surface area contributed by atoms with E-state index in [0.717, 1.165) is 0 Å². The van der Waals surface area contributed by atoms with Crippen molar-refractivity contribution in [1.82, 2.24) is 14.5 Å². The summed E-state index contributed by atoms with van der Waals surface area (Å²) in [5.74, 6) is 0.0792. The zero-order valence-corrected chi connectivity index (χ0v) is 8.31. The molecule has 2 amide bonds. The van der Waals surface area contributed by atoms with E-state index in [4.69, 9.17) is 0 Å². The molecule has 0 spiro atoms. The fourth-order valence-electron chi connectivity index (χ4n) is 1.06. The lowest BCUT2D eigenvalue weighted by Crippen LogP contribution is -2.24. The molecule has 0 fully saturated rings. The summed E-state index contributed by atoms with van der Waals surface area (Å²) >= 11 is 0. The average Bonchev–Trinajstić information content (AvgIpc) is 2.47. The normalized spacial score (nSPS) is 9.64. The first-order valence-corrected chi connectivity index (χ1v) is 4.01. The Kier molecular flexibility index (Phi) is 2.85. The van der Waals surface area contributed by atoms with Crippen LogP contribution in [-0.4, -0.2) is 40.9 Å². The highest BCUT2D eigenvalue weighted by molar-refractivity contribution is 5.98. The number of amides is 2. The van der Waals surface area contributed by atoms with Crippen LogP contribution in [0.15, 0.2) is 6.33 Å². The van der Waals surface area contributed by atoms with E-state index < -0.39 is 0 Å². The van der Waals surface area contributed by atoms with Crippen molar-refractivity contribution in [1.29, 1.82) is 0 Å². The molecule has 6 nitrogen and oxygen atoms in total. The summed E-state index contributed by atoms with van der Waals surface area (Å²) in [5.41, 5.74) is 0.363. The number of nitrogens with one attached hydrogen (secondary N) is 1. The Morgan fingerprint density at radius 1 is 1.64 bits per heavy atom. The number of hydrogen-bond acceptors (Lipinski definition) is 3. The minimum Gasteiger partial charge on any atom is -0.343 e. The molecule has 6 heteroatoms. The van der Waals surface area contributed by atoms with Crippen molar-refractivity contribution >= 4 is 18.1 Å². The number of rotatable bonds is 3. The van der Waals surface area contributed by atoms with Crippen molar-refractivity contribution in [3.63, 3.8) is 0 Å². The van der Waals surface area contributed by atoms with Crippen LogP contribution in [0.25, 0.3) is 0 Å². The standard InChI is InChI=1S/C8H12N4O2/c1-11(2)8(14)6-7(10-5-13)9-4-12(6)3/h4-5H,1-3H3,(H,10,13). The van der Waals surface area contributed by atoms with Crippen molar-refractivity contribution in [3.05, 3.63) is 12.0 Å². The van der Waals surface area contributed by atoms with Gasteiger partial charge in [-0.25, -0.2) is 4.98 Å². The summed E-state index contributed by atoms with van der Waals surface area (Å²) in [6.45, 7) is 0. The summed E-state index contributed by atoms with van der Waals surface area (Å²) in [7, 11) is 4.97.